The fourth-order valence-corrected chi connectivity index (χ4v) is 6.93. The Labute approximate surface area is 307 Å². The van der Waals surface area contributed by atoms with E-state index in [2.05, 4.69) is 144 Å². The van der Waals surface area contributed by atoms with Crippen molar-refractivity contribution < 1.29 is 0 Å². The Morgan fingerprint density at radius 1 is 0.654 bits per heavy atom. The average Bonchev–Trinajstić information content (AvgIpc) is 3.49. The van der Waals surface area contributed by atoms with Crippen LogP contribution in [0.2, 0.25) is 0 Å². The molecule has 4 heteroatoms. The van der Waals surface area contributed by atoms with Gasteiger partial charge in [0.25, 0.3) is 0 Å². The van der Waals surface area contributed by atoms with Crippen LogP contribution >= 0.6 is 0 Å². The third kappa shape index (κ3) is 7.39. The summed E-state index contributed by atoms with van der Waals surface area (Å²) in [4.78, 5) is 2.26. The van der Waals surface area contributed by atoms with Crippen LogP contribution in [-0.4, -0.2) is 15.5 Å². The van der Waals surface area contributed by atoms with Crippen LogP contribution in [0.15, 0.2) is 194 Å². The van der Waals surface area contributed by atoms with Crippen LogP contribution in [0.4, 0.5) is 5.69 Å². The Hall–Kier alpha value is -6.36. The van der Waals surface area contributed by atoms with Crippen molar-refractivity contribution in [3.8, 4) is 11.1 Å². The molecule has 1 unspecified atom stereocenters. The van der Waals surface area contributed by atoms with E-state index in [1.807, 2.05) is 54.6 Å². The molecule has 0 amide bonds. The van der Waals surface area contributed by atoms with Crippen molar-refractivity contribution in [2.75, 3.05) is 5.73 Å². The molecule has 0 spiro atoms. The molecule has 1 aliphatic carbocycles. The quantitative estimate of drug-likeness (QED) is 0.179. The SMILES string of the molecule is C=C1/C=C\C=C/N(C2C=Cc3c(n(Cc4ccc5ccccc5c4N)c4ccccc34)C2)/C=C\C=C/C1=C.NCc1cccc(-c2ccccc2)c1. The van der Waals surface area contributed by atoms with Crippen LogP contribution in [0, 0.1) is 0 Å². The number of nitrogen functional groups attached to an aromatic ring is 1. The largest absolute Gasteiger partial charge is 0.398 e. The summed E-state index contributed by atoms with van der Waals surface area (Å²) in [6.45, 7) is 9.51. The lowest BCUT2D eigenvalue weighted by molar-refractivity contribution is 0.415. The van der Waals surface area contributed by atoms with Crippen LogP contribution < -0.4 is 11.5 Å². The molecule has 4 nitrogen and oxygen atoms in total. The van der Waals surface area contributed by atoms with Crippen molar-refractivity contribution in [1.29, 1.82) is 0 Å². The van der Waals surface area contributed by atoms with E-state index in [0.29, 0.717) is 6.54 Å². The molecular formula is C48H44N4. The van der Waals surface area contributed by atoms with Crippen molar-refractivity contribution in [2.45, 2.75) is 25.6 Å². The van der Waals surface area contributed by atoms with E-state index < -0.39 is 0 Å². The molecule has 1 atom stereocenters. The number of nitrogens with two attached hydrogens (primary N) is 2. The summed E-state index contributed by atoms with van der Waals surface area (Å²) in [6.07, 6.45) is 21.9. The van der Waals surface area contributed by atoms with E-state index in [9.17, 15) is 0 Å². The number of fused-ring (bicyclic) bond motifs is 4. The molecule has 1 aromatic heterocycles. The smallest absolute Gasteiger partial charge is 0.0568 e. The van der Waals surface area contributed by atoms with Crippen LogP contribution in [-0.2, 0) is 19.5 Å². The number of benzene rings is 5. The van der Waals surface area contributed by atoms with Gasteiger partial charge in [-0.25, -0.2) is 0 Å². The van der Waals surface area contributed by atoms with Gasteiger partial charge < -0.3 is 20.9 Å². The van der Waals surface area contributed by atoms with E-state index in [1.165, 1.54) is 44.2 Å². The zero-order valence-electron chi connectivity index (χ0n) is 29.4. The topological polar surface area (TPSA) is 60.2 Å². The first-order valence-electron chi connectivity index (χ1n) is 17.7. The Morgan fingerprint density at radius 2 is 1.33 bits per heavy atom. The lowest BCUT2D eigenvalue weighted by Gasteiger charge is -2.28. The first-order valence-corrected chi connectivity index (χ1v) is 17.7. The van der Waals surface area contributed by atoms with Gasteiger partial charge in [-0.3, -0.25) is 0 Å². The second-order valence-corrected chi connectivity index (χ2v) is 13.1. The molecule has 0 radical (unpaired) electrons. The van der Waals surface area contributed by atoms with Gasteiger partial charge in [0.1, 0.15) is 0 Å². The van der Waals surface area contributed by atoms with Crippen molar-refractivity contribution >= 4 is 33.4 Å². The summed E-state index contributed by atoms with van der Waals surface area (Å²) in [6, 6.07) is 40.2. The van der Waals surface area contributed by atoms with Gasteiger partial charge in [0.05, 0.1) is 6.04 Å². The van der Waals surface area contributed by atoms with Gasteiger partial charge in [0.2, 0.25) is 0 Å². The van der Waals surface area contributed by atoms with Gasteiger partial charge in [-0.05, 0) is 63.1 Å². The number of nitrogens with zero attached hydrogens (tertiary/aromatic N) is 2. The highest BCUT2D eigenvalue weighted by molar-refractivity contribution is 5.95. The highest BCUT2D eigenvalue weighted by Gasteiger charge is 2.24. The summed E-state index contributed by atoms with van der Waals surface area (Å²) in [5.41, 5.74) is 23.6. The number of hydrogen-bond donors (Lipinski definition) is 2. The van der Waals surface area contributed by atoms with Crippen molar-refractivity contribution in [3.63, 3.8) is 0 Å². The molecule has 6 aromatic rings. The standard InChI is InChI=1S/C35H31N3.C13H13N/c1-25-11-7-9-21-37(22-10-8-12-26(25)2)29-19-20-32-31-15-5-6-16-33(31)38(34(32)23-29)24-28-18-17-27-13-3-4-14-30(27)35(28)36;14-10-11-5-4-8-13(9-11)12-6-2-1-3-7-12/h3-22,29H,1-2,23-24,36H2;1-9H,10,14H2/b11-7-,12-8-,21-9-,22-10-;. The number of rotatable bonds is 5. The Morgan fingerprint density at radius 3 is 2.08 bits per heavy atom. The fraction of sp³-hybridized carbons (Fsp3) is 0.0833. The highest BCUT2D eigenvalue weighted by atomic mass is 15.1. The maximum Gasteiger partial charge on any atom is 0.0568 e. The minimum atomic E-state index is 0.181. The molecule has 8 rings (SSSR count). The molecule has 2 aliphatic rings. The van der Waals surface area contributed by atoms with Crippen LogP contribution in [0.1, 0.15) is 22.4 Å². The summed E-state index contributed by atoms with van der Waals surface area (Å²) in [5, 5.41) is 3.56. The zero-order valence-corrected chi connectivity index (χ0v) is 29.4. The third-order valence-electron chi connectivity index (χ3n) is 9.80. The zero-order chi connectivity index (χ0) is 35.9. The number of aromatic nitrogens is 1. The third-order valence-corrected chi connectivity index (χ3v) is 9.80. The first kappa shape index (κ1) is 34.1. The van der Waals surface area contributed by atoms with E-state index in [1.54, 1.807) is 0 Å². The molecule has 52 heavy (non-hydrogen) atoms. The fourth-order valence-electron chi connectivity index (χ4n) is 6.93. The summed E-state index contributed by atoms with van der Waals surface area (Å²) >= 11 is 0. The maximum absolute atomic E-state index is 6.71. The number of anilines is 1. The Kier molecular flexibility index (Phi) is 10.3. The lowest BCUT2D eigenvalue weighted by Crippen LogP contribution is -2.29. The van der Waals surface area contributed by atoms with Gasteiger partial charge in [-0.15, -0.1) is 0 Å². The van der Waals surface area contributed by atoms with E-state index >= 15 is 0 Å². The highest BCUT2D eigenvalue weighted by Crippen LogP contribution is 2.35. The molecule has 2 heterocycles. The van der Waals surface area contributed by atoms with Crippen LogP contribution in [0.5, 0.6) is 0 Å². The molecule has 4 N–H and O–H groups in total. The van der Waals surface area contributed by atoms with Gasteiger partial charge >= 0.3 is 0 Å². The van der Waals surface area contributed by atoms with E-state index in [4.69, 9.17) is 11.5 Å². The summed E-state index contributed by atoms with van der Waals surface area (Å²) in [7, 11) is 0. The van der Waals surface area contributed by atoms with Gasteiger partial charge in [-0.1, -0.05) is 153 Å². The number of allylic oxidation sites excluding steroid dienone is 8. The first-order chi connectivity index (χ1) is 25.5. The Balaban J connectivity index is 0.000000251. The molecule has 0 saturated carbocycles. The van der Waals surface area contributed by atoms with Crippen molar-refractivity contribution in [1.82, 2.24) is 9.47 Å². The molecule has 0 fully saturated rings. The Bertz CT molecular complexity index is 2370. The van der Waals surface area contributed by atoms with E-state index in [-0.39, 0.29) is 6.04 Å². The molecule has 256 valence electrons. The second-order valence-electron chi connectivity index (χ2n) is 13.1. The minimum Gasteiger partial charge on any atom is -0.398 e. The maximum atomic E-state index is 6.71. The number of para-hydroxylation sites is 1. The molecule has 0 bridgehead atoms. The molecule has 1 aliphatic heterocycles. The molecule has 5 aromatic carbocycles. The van der Waals surface area contributed by atoms with Crippen molar-refractivity contribution in [2.24, 2.45) is 5.73 Å². The van der Waals surface area contributed by atoms with Crippen LogP contribution in [0.25, 0.3) is 38.9 Å². The molecule has 0 saturated heterocycles. The normalized spacial score (nSPS) is 17.9. The molecular weight excluding hydrogens is 633 g/mol. The lowest BCUT2D eigenvalue weighted by atomic mass is 9.97. The predicted molar refractivity (Wildman–Crippen MR) is 222 cm³/mol. The van der Waals surface area contributed by atoms with Crippen LogP contribution in [0.3, 0.4) is 0 Å². The minimum absolute atomic E-state index is 0.181. The van der Waals surface area contributed by atoms with Gasteiger partial charge in [0, 0.05) is 65.1 Å². The monoisotopic (exact) mass is 676 g/mol. The van der Waals surface area contributed by atoms with Gasteiger partial charge in [-0.2, -0.15) is 0 Å². The van der Waals surface area contributed by atoms with Crippen molar-refractivity contribution in [3.05, 3.63) is 217 Å². The summed E-state index contributed by atoms with van der Waals surface area (Å²) < 4.78 is 2.45. The van der Waals surface area contributed by atoms with E-state index in [0.717, 1.165) is 40.7 Å². The second kappa shape index (κ2) is 15.7. The van der Waals surface area contributed by atoms with Gasteiger partial charge in [0.15, 0.2) is 0 Å². The predicted octanol–water partition coefficient (Wildman–Crippen LogP) is 10.7. The average molecular weight is 677 g/mol. The number of hydrogen-bond acceptors (Lipinski definition) is 3. The summed E-state index contributed by atoms with van der Waals surface area (Å²) in [5.74, 6) is 0.